The summed E-state index contributed by atoms with van der Waals surface area (Å²) in [7, 11) is -3.46. The van der Waals surface area contributed by atoms with Crippen molar-refractivity contribution in [3.05, 3.63) is 29.8 Å². The maximum Gasteiger partial charge on any atom is 0.243 e. The van der Waals surface area contributed by atoms with Crippen LogP contribution in [-0.4, -0.2) is 25.3 Å². The van der Waals surface area contributed by atoms with Crippen LogP contribution in [0.2, 0.25) is 0 Å². The molecule has 0 saturated carbocycles. The SMILES string of the molecule is CC1CC(C)C(C)N(S(=O)(=O)c2cccc(C(C)N)c2)C1. The summed E-state index contributed by atoms with van der Waals surface area (Å²) in [6.45, 7) is 8.70. The van der Waals surface area contributed by atoms with Crippen molar-refractivity contribution in [2.24, 2.45) is 17.6 Å². The first-order valence-electron chi connectivity index (χ1n) is 7.61. The van der Waals surface area contributed by atoms with Gasteiger partial charge < -0.3 is 5.73 Å². The third-order valence-electron chi connectivity index (χ3n) is 4.53. The third-order valence-corrected chi connectivity index (χ3v) is 6.48. The molecule has 0 aliphatic carbocycles. The minimum absolute atomic E-state index is 0.0326. The summed E-state index contributed by atoms with van der Waals surface area (Å²) in [6, 6.07) is 6.87. The Balaban J connectivity index is 2.39. The number of hydrogen-bond acceptors (Lipinski definition) is 3. The van der Waals surface area contributed by atoms with E-state index in [2.05, 4.69) is 13.8 Å². The molecule has 1 heterocycles. The van der Waals surface area contributed by atoms with E-state index in [0.717, 1.165) is 12.0 Å². The van der Waals surface area contributed by atoms with Crippen LogP contribution < -0.4 is 5.73 Å². The van der Waals surface area contributed by atoms with Gasteiger partial charge in [-0.05, 0) is 49.8 Å². The van der Waals surface area contributed by atoms with E-state index in [1.807, 2.05) is 19.9 Å². The molecule has 1 aromatic carbocycles. The van der Waals surface area contributed by atoms with Gasteiger partial charge in [0.2, 0.25) is 10.0 Å². The van der Waals surface area contributed by atoms with Crippen LogP contribution in [0, 0.1) is 11.8 Å². The van der Waals surface area contributed by atoms with E-state index in [-0.39, 0.29) is 12.1 Å². The summed E-state index contributed by atoms with van der Waals surface area (Å²) in [6.07, 6.45) is 1.08. The molecule has 1 fully saturated rings. The molecule has 2 rings (SSSR count). The average Bonchev–Trinajstić information content (AvgIpc) is 2.42. The summed E-state index contributed by atoms with van der Waals surface area (Å²) < 4.78 is 27.6. The van der Waals surface area contributed by atoms with Crippen LogP contribution in [0.25, 0.3) is 0 Å². The molecule has 21 heavy (non-hydrogen) atoms. The first-order chi connectivity index (χ1) is 9.73. The Morgan fingerprint density at radius 1 is 1.29 bits per heavy atom. The maximum absolute atomic E-state index is 12.9. The molecule has 0 spiro atoms. The zero-order valence-corrected chi connectivity index (χ0v) is 14.1. The second kappa shape index (κ2) is 6.07. The molecule has 1 aliphatic heterocycles. The lowest BCUT2D eigenvalue weighted by molar-refractivity contribution is 0.157. The summed E-state index contributed by atoms with van der Waals surface area (Å²) in [4.78, 5) is 0.352. The lowest BCUT2D eigenvalue weighted by Gasteiger charge is -2.40. The van der Waals surface area contributed by atoms with Crippen LogP contribution in [0.4, 0.5) is 0 Å². The van der Waals surface area contributed by atoms with Gasteiger partial charge in [-0.25, -0.2) is 8.42 Å². The van der Waals surface area contributed by atoms with Crippen molar-refractivity contribution in [2.75, 3.05) is 6.54 Å². The number of sulfonamides is 1. The van der Waals surface area contributed by atoms with Gasteiger partial charge in [-0.2, -0.15) is 4.31 Å². The molecule has 1 saturated heterocycles. The summed E-state index contributed by atoms with van der Waals surface area (Å²) >= 11 is 0. The highest BCUT2D eigenvalue weighted by Gasteiger charge is 2.37. The van der Waals surface area contributed by atoms with E-state index in [4.69, 9.17) is 5.73 Å². The van der Waals surface area contributed by atoms with Gasteiger partial charge in [-0.1, -0.05) is 26.0 Å². The molecule has 1 aromatic rings. The molecule has 4 unspecified atom stereocenters. The highest BCUT2D eigenvalue weighted by atomic mass is 32.2. The number of nitrogens with zero attached hydrogens (tertiary/aromatic N) is 1. The first-order valence-corrected chi connectivity index (χ1v) is 9.05. The van der Waals surface area contributed by atoms with Gasteiger partial charge in [0.05, 0.1) is 4.90 Å². The predicted octanol–water partition coefficient (Wildman–Crippen LogP) is 2.76. The fourth-order valence-corrected chi connectivity index (χ4v) is 4.98. The van der Waals surface area contributed by atoms with Gasteiger partial charge in [0.25, 0.3) is 0 Å². The normalized spacial score (nSPS) is 29.3. The lowest BCUT2D eigenvalue weighted by Crippen LogP contribution is -2.48. The lowest BCUT2D eigenvalue weighted by atomic mass is 9.88. The quantitative estimate of drug-likeness (QED) is 0.933. The third kappa shape index (κ3) is 3.30. The second-order valence-corrected chi connectivity index (χ2v) is 8.39. The van der Waals surface area contributed by atoms with Crippen molar-refractivity contribution in [2.45, 2.75) is 51.1 Å². The molecule has 2 N–H and O–H groups in total. The zero-order valence-electron chi connectivity index (χ0n) is 13.3. The molecule has 0 bridgehead atoms. The maximum atomic E-state index is 12.9. The topological polar surface area (TPSA) is 63.4 Å². The fourth-order valence-electron chi connectivity index (χ4n) is 3.07. The largest absolute Gasteiger partial charge is 0.324 e. The van der Waals surface area contributed by atoms with Gasteiger partial charge in [0.1, 0.15) is 0 Å². The van der Waals surface area contributed by atoms with Crippen LogP contribution in [0.15, 0.2) is 29.2 Å². The van der Waals surface area contributed by atoms with E-state index < -0.39 is 10.0 Å². The Labute approximate surface area is 128 Å². The minimum atomic E-state index is -3.46. The molecular formula is C16H26N2O2S. The molecule has 4 atom stereocenters. The Morgan fingerprint density at radius 3 is 2.57 bits per heavy atom. The first kappa shape index (κ1) is 16.5. The van der Waals surface area contributed by atoms with Crippen molar-refractivity contribution >= 4 is 10.0 Å². The van der Waals surface area contributed by atoms with Crippen molar-refractivity contribution < 1.29 is 8.42 Å². The summed E-state index contributed by atoms with van der Waals surface area (Å²) in [5.74, 6) is 0.766. The van der Waals surface area contributed by atoms with E-state index in [0.29, 0.717) is 23.3 Å². The smallest absolute Gasteiger partial charge is 0.243 e. The van der Waals surface area contributed by atoms with Gasteiger partial charge >= 0.3 is 0 Å². The molecular weight excluding hydrogens is 284 g/mol. The summed E-state index contributed by atoms with van der Waals surface area (Å²) in [5, 5.41) is 0. The monoisotopic (exact) mass is 310 g/mol. The predicted molar refractivity (Wildman–Crippen MR) is 85.3 cm³/mol. The Hall–Kier alpha value is -0.910. The molecule has 4 nitrogen and oxygen atoms in total. The van der Waals surface area contributed by atoms with Crippen LogP contribution in [-0.2, 0) is 10.0 Å². The van der Waals surface area contributed by atoms with E-state index in [1.165, 1.54) is 0 Å². The Morgan fingerprint density at radius 2 is 1.95 bits per heavy atom. The highest BCUT2D eigenvalue weighted by molar-refractivity contribution is 7.89. The van der Waals surface area contributed by atoms with E-state index in [9.17, 15) is 8.42 Å². The number of nitrogens with two attached hydrogens (primary N) is 1. The Kier molecular flexibility index (Phi) is 4.76. The van der Waals surface area contributed by atoms with Gasteiger partial charge in [0, 0.05) is 18.6 Å². The number of rotatable bonds is 3. The van der Waals surface area contributed by atoms with Crippen LogP contribution >= 0.6 is 0 Å². The number of hydrogen-bond donors (Lipinski definition) is 1. The molecule has 0 radical (unpaired) electrons. The molecule has 0 amide bonds. The second-order valence-electron chi connectivity index (χ2n) is 6.49. The average molecular weight is 310 g/mol. The molecule has 1 aliphatic rings. The molecule has 0 aromatic heterocycles. The highest BCUT2D eigenvalue weighted by Crippen LogP contribution is 2.32. The number of piperidine rings is 1. The molecule has 118 valence electrons. The standard InChI is InChI=1S/C16H26N2O2S/c1-11-8-12(2)14(4)18(10-11)21(19,20)16-7-5-6-15(9-16)13(3)17/h5-7,9,11-14H,8,10,17H2,1-4H3. The zero-order chi connectivity index (χ0) is 15.8. The van der Waals surface area contributed by atoms with Crippen LogP contribution in [0.5, 0.6) is 0 Å². The van der Waals surface area contributed by atoms with E-state index in [1.54, 1.807) is 22.5 Å². The van der Waals surface area contributed by atoms with Crippen LogP contribution in [0.3, 0.4) is 0 Å². The molecule has 5 heteroatoms. The summed E-state index contributed by atoms with van der Waals surface area (Å²) in [5.41, 5.74) is 6.72. The van der Waals surface area contributed by atoms with Crippen molar-refractivity contribution in [3.63, 3.8) is 0 Å². The van der Waals surface area contributed by atoms with Crippen molar-refractivity contribution in [1.29, 1.82) is 0 Å². The fraction of sp³-hybridized carbons (Fsp3) is 0.625. The Bertz CT molecular complexity index is 598. The van der Waals surface area contributed by atoms with E-state index >= 15 is 0 Å². The van der Waals surface area contributed by atoms with Gasteiger partial charge in [-0.3, -0.25) is 0 Å². The number of benzene rings is 1. The van der Waals surface area contributed by atoms with Crippen molar-refractivity contribution in [3.8, 4) is 0 Å². The van der Waals surface area contributed by atoms with Gasteiger partial charge in [0.15, 0.2) is 0 Å². The van der Waals surface area contributed by atoms with Gasteiger partial charge in [-0.15, -0.1) is 0 Å². The van der Waals surface area contributed by atoms with Crippen molar-refractivity contribution in [1.82, 2.24) is 4.31 Å². The van der Waals surface area contributed by atoms with Crippen LogP contribution in [0.1, 0.15) is 45.7 Å². The minimum Gasteiger partial charge on any atom is -0.324 e.